The number of amides is 1. The van der Waals surface area contributed by atoms with Gasteiger partial charge in [0.05, 0.1) is 6.04 Å². The lowest BCUT2D eigenvalue weighted by Gasteiger charge is -2.15. The first-order chi connectivity index (χ1) is 14.5. The number of nitrogens with one attached hydrogen (secondary N) is 1. The zero-order valence-corrected chi connectivity index (χ0v) is 16.1. The Labute approximate surface area is 171 Å². The van der Waals surface area contributed by atoms with E-state index in [4.69, 9.17) is 9.26 Å². The lowest BCUT2D eigenvalue weighted by molar-refractivity contribution is 0.0930. The molecule has 0 unspecified atom stereocenters. The molecule has 1 amide bonds. The molecule has 0 saturated heterocycles. The van der Waals surface area contributed by atoms with Gasteiger partial charge in [0.2, 0.25) is 0 Å². The summed E-state index contributed by atoms with van der Waals surface area (Å²) in [5.41, 5.74) is 1.03. The largest absolute Gasteiger partial charge is 0.479 e. The minimum absolute atomic E-state index is 0.0506. The average molecular weight is 408 g/mol. The van der Waals surface area contributed by atoms with Crippen LogP contribution in [0.3, 0.4) is 0 Å². The first kappa shape index (κ1) is 19.6. The first-order valence-electron chi connectivity index (χ1n) is 9.34. The molecule has 1 heterocycles. The van der Waals surface area contributed by atoms with E-state index < -0.39 is 23.3 Å². The Morgan fingerprint density at radius 2 is 1.77 bits per heavy atom. The number of ether oxygens (including phenoxy) is 1. The fraction of sp³-hybridized carbons (Fsp3) is 0.130. The third-order valence-electron chi connectivity index (χ3n) is 4.71. The molecule has 0 aliphatic heterocycles. The number of rotatable bonds is 6. The minimum atomic E-state index is -0.823. The smallest absolute Gasteiger partial charge is 0.273 e. The van der Waals surface area contributed by atoms with E-state index in [1.165, 1.54) is 12.1 Å². The number of hydrogen-bond acceptors (Lipinski definition) is 4. The predicted molar refractivity (Wildman–Crippen MR) is 107 cm³/mol. The molecule has 4 rings (SSSR count). The lowest BCUT2D eigenvalue weighted by Crippen LogP contribution is -2.27. The molecule has 7 heteroatoms. The number of fused-ring (bicyclic) bond motifs is 1. The van der Waals surface area contributed by atoms with Crippen molar-refractivity contribution in [3.8, 4) is 5.75 Å². The van der Waals surface area contributed by atoms with Crippen LogP contribution in [0.5, 0.6) is 5.75 Å². The molecule has 0 aliphatic carbocycles. The zero-order chi connectivity index (χ0) is 21.1. The molecule has 0 spiro atoms. The van der Waals surface area contributed by atoms with E-state index in [0.29, 0.717) is 0 Å². The van der Waals surface area contributed by atoms with Gasteiger partial charge in [0, 0.05) is 6.07 Å². The Hall–Kier alpha value is -3.74. The monoisotopic (exact) mass is 408 g/mol. The Kier molecular flexibility index (Phi) is 5.43. The number of nitrogens with zero attached hydrogens (tertiary/aromatic N) is 1. The van der Waals surface area contributed by atoms with Crippen LogP contribution >= 0.6 is 0 Å². The molecule has 0 aliphatic rings. The Morgan fingerprint density at radius 3 is 2.57 bits per heavy atom. The fourth-order valence-corrected chi connectivity index (χ4v) is 3.23. The summed E-state index contributed by atoms with van der Waals surface area (Å²) in [5.74, 6) is -2.42. The van der Waals surface area contributed by atoms with Crippen LogP contribution in [0.25, 0.3) is 10.8 Å². The summed E-state index contributed by atoms with van der Waals surface area (Å²) in [4.78, 5) is 12.6. The van der Waals surface area contributed by atoms with Crippen LogP contribution in [0.15, 0.2) is 71.3 Å². The number of para-hydroxylation sites is 1. The molecular formula is C23H18F2N2O3. The van der Waals surface area contributed by atoms with Crippen molar-refractivity contribution in [1.29, 1.82) is 0 Å². The molecule has 30 heavy (non-hydrogen) atoms. The van der Waals surface area contributed by atoms with E-state index in [1.807, 2.05) is 49.4 Å². The van der Waals surface area contributed by atoms with Gasteiger partial charge in [0.1, 0.15) is 6.61 Å². The van der Waals surface area contributed by atoms with Crippen LogP contribution in [0.1, 0.15) is 34.8 Å². The van der Waals surface area contributed by atoms with Crippen LogP contribution in [-0.2, 0) is 6.61 Å². The van der Waals surface area contributed by atoms with E-state index in [0.717, 1.165) is 28.5 Å². The molecule has 1 N–H and O–H groups in total. The molecule has 1 aromatic heterocycles. The highest BCUT2D eigenvalue weighted by molar-refractivity contribution is 5.93. The predicted octanol–water partition coefficient (Wildman–Crippen LogP) is 5.18. The molecular weight excluding hydrogens is 390 g/mol. The van der Waals surface area contributed by atoms with Crippen molar-refractivity contribution in [2.24, 2.45) is 0 Å². The number of carbonyl (C=O) groups excluding carboxylic acids is 1. The molecule has 1 atom stereocenters. The Morgan fingerprint density at radius 1 is 1.07 bits per heavy atom. The molecule has 4 aromatic rings. The SMILES string of the molecule is C[C@H](NC(=O)c1cc(COc2c(F)cccc2F)on1)c1cccc2ccccc12. The van der Waals surface area contributed by atoms with Gasteiger partial charge in [-0.2, -0.15) is 0 Å². The molecule has 0 saturated carbocycles. The number of benzene rings is 3. The zero-order valence-electron chi connectivity index (χ0n) is 16.1. The van der Waals surface area contributed by atoms with Crippen LogP contribution in [0.2, 0.25) is 0 Å². The summed E-state index contributed by atoms with van der Waals surface area (Å²) < 4.78 is 37.4. The van der Waals surface area contributed by atoms with Gasteiger partial charge in [0.25, 0.3) is 5.91 Å². The normalized spacial score (nSPS) is 12.0. The maximum atomic E-state index is 13.6. The van der Waals surface area contributed by atoms with Gasteiger partial charge in [-0.1, -0.05) is 53.7 Å². The quantitative estimate of drug-likeness (QED) is 0.478. The topological polar surface area (TPSA) is 64.4 Å². The fourth-order valence-electron chi connectivity index (χ4n) is 3.23. The highest BCUT2D eigenvalue weighted by Crippen LogP contribution is 2.25. The van der Waals surface area contributed by atoms with Crippen LogP contribution in [-0.4, -0.2) is 11.1 Å². The number of aromatic nitrogens is 1. The van der Waals surface area contributed by atoms with Gasteiger partial charge in [0.15, 0.2) is 28.8 Å². The molecule has 0 fully saturated rings. The van der Waals surface area contributed by atoms with E-state index in [9.17, 15) is 13.6 Å². The van der Waals surface area contributed by atoms with Crippen molar-refractivity contribution in [2.45, 2.75) is 19.6 Å². The van der Waals surface area contributed by atoms with Gasteiger partial charge in [-0.15, -0.1) is 0 Å². The van der Waals surface area contributed by atoms with Crippen molar-refractivity contribution < 1.29 is 22.8 Å². The summed E-state index contributed by atoms with van der Waals surface area (Å²) in [6.07, 6.45) is 0. The van der Waals surface area contributed by atoms with Crippen LogP contribution < -0.4 is 10.1 Å². The molecule has 3 aromatic carbocycles. The third kappa shape index (κ3) is 4.00. The Balaban J connectivity index is 1.44. The number of hydrogen-bond donors (Lipinski definition) is 1. The molecule has 0 bridgehead atoms. The van der Waals surface area contributed by atoms with Gasteiger partial charge >= 0.3 is 0 Å². The van der Waals surface area contributed by atoms with E-state index in [1.54, 1.807) is 0 Å². The van der Waals surface area contributed by atoms with Gasteiger partial charge in [-0.25, -0.2) is 8.78 Å². The second-order valence-corrected chi connectivity index (χ2v) is 6.78. The maximum Gasteiger partial charge on any atom is 0.273 e. The molecule has 5 nitrogen and oxygen atoms in total. The van der Waals surface area contributed by atoms with E-state index in [2.05, 4.69) is 10.5 Å². The van der Waals surface area contributed by atoms with Gasteiger partial charge in [-0.05, 0) is 35.4 Å². The molecule has 0 radical (unpaired) electrons. The van der Waals surface area contributed by atoms with E-state index >= 15 is 0 Å². The second-order valence-electron chi connectivity index (χ2n) is 6.78. The summed E-state index contributed by atoms with van der Waals surface area (Å²) in [7, 11) is 0. The number of carbonyl (C=O) groups is 1. The summed E-state index contributed by atoms with van der Waals surface area (Å²) in [5, 5.41) is 8.75. The summed E-state index contributed by atoms with van der Waals surface area (Å²) in [6, 6.07) is 18.4. The second kappa shape index (κ2) is 8.32. The van der Waals surface area contributed by atoms with Crippen molar-refractivity contribution in [3.05, 3.63) is 95.4 Å². The average Bonchev–Trinajstić information content (AvgIpc) is 3.22. The van der Waals surface area contributed by atoms with Crippen LogP contribution in [0, 0.1) is 11.6 Å². The standard InChI is InChI=1S/C23H18F2N2O3/c1-14(17-9-4-7-15-6-2-3-8-18(15)17)26-23(28)21-12-16(30-27-21)13-29-22-19(24)10-5-11-20(22)25/h2-12,14H,13H2,1H3,(H,26,28)/t14-/m0/s1. The van der Waals surface area contributed by atoms with E-state index in [-0.39, 0.29) is 24.1 Å². The minimum Gasteiger partial charge on any atom is -0.479 e. The summed E-state index contributed by atoms with van der Waals surface area (Å²) >= 11 is 0. The molecule has 152 valence electrons. The van der Waals surface area contributed by atoms with Crippen LogP contribution in [0.4, 0.5) is 8.78 Å². The first-order valence-corrected chi connectivity index (χ1v) is 9.34. The highest BCUT2D eigenvalue weighted by Gasteiger charge is 2.18. The van der Waals surface area contributed by atoms with Gasteiger partial charge in [-0.3, -0.25) is 4.79 Å². The summed E-state index contributed by atoms with van der Waals surface area (Å²) in [6.45, 7) is 1.61. The maximum absolute atomic E-state index is 13.6. The van der Waals surface area contributed by atoms with Crippen molar-refractivity contribution in [2.75, 3.05) is 0 Å². The van der Waals surface area contributed by atoms with Crippen molar-refractivity contribution in [1.82, 2.24) is 10.5 Å². The van der Waals surface area contributed by atoms with Gasteiger partial charge < -0.3 is 14.6 Å². The highest BCUT2D eigenvalue weighted by atomic mass is 19.1. The Bertz CT molecular complexity index is 1180. The van der Waals surface area contributed by atoms with Crippen molar-refractivity contribution in [3.63, 3.8) is 0 Å². The lowest BCUT2D eigenvalue weighted by atomic mass is 9.99. The third-order valence-corrected chi connectivity index (χ3v) is 4.71. The number of halogens is 2. The van der Waals surface area contributed by atoms with Crippen molar-refractivity contribution >= 4 is 16.7 Å².